The number of rotatable bonds is 5. The van der Waals surface area contributed by atoms with Gasteiger partial charge in [0.05, 0.1) is 12.8 Å². The number of hydrogen-bond donors (Lipinski definition) is 1. The second kappa shape index (κ2) is 6.39. The SMILES string of the molecule is CCN(Cc1ccco1)C1(CN)CCCCCC1. The average molecular weight is 250 g/mol. The summed E-state index contributed by atoms with van der Waals surface area (Å²) in [6.45, 7) is 4.92. The van der Waals surface area contributed by atoms with Crippen molar-refractivity contribution < 1.29 is 4.42 Å². The normalized spacial score (nSPS) is 19.9. The molecule has 1 aromatic rings. The minimum Gasteiger partial charge on any atom is -0.468 e. The predicted molar refractivity (Wildman–Crippen MR) is 74.3 cm³/mol. The second-order valence-electron chi connectivity index (χ2n) is 5.44. The first-order chi connectivity index (χ1) is 8.80. The van der Waals surface area contributed by atoms with Crippen molar-refractivity contribution in [1.82, 2.24) is 4.90 Å². The molecule has 1 heterocycles. The average Bonchev–Trinajstić information content (AvgIpc) is 2.79. The van der Waals surface area contributed by atoms with Crippen LogP contribution in [0.2, 0.25) is 0 Å². The van der Waals surface area contributed by atoms with Gasteiger partial charge in [-0.1, -0.05) is 32.6 Å². The molecule has 0 aromatic carbocycles. The van der Waals surface area contributed by atoms with Crippen LogP contribution < -0.4 is 5.73 Å². The molecule has 1 saturated carbocycles. The molecule has 0 radical (unpaired) electrons. The third-order valence-corrected chi connectivity index (χ3v) is 4.39. The zero-order valence-electron chi connectivity index (χ0n) is 11.5. The van der Waals surface area contributed by atoms with Gasteiger partial charge in [0.1, 0.15) is 5.76 Å². The number of furan rings is 1. The van der Waals surface area contributed by atoms with E-state index in [1.165, 1.54) is 38.5 Å². The molecule has 0 unspecified atom stereocenters. The second-order valence-corrected chi connectivity index (χ2v) is 5.44. The van der Waals surface area contributed by atoms with E-state index in [-0.39, 0.29) is 5.54 Å². The summed E-state index contributed by atoms with van der Waals surface area (Å²) >= 11 is 0. The van der Waals surface area contributed by atoms with E-state index in [1.807, 2.05) is 6.07 Å². The molecule has 1 aliphatic rings. The van der Waals surface area contributed by atoms with Crippen LogP contribution in [0.5, 0.6) is 0 Å². The van der Waals surface area contributed by atoms with Gasteiger partial charge in [0.25, 0.3) is 0 Å². The topological polar surface area (TPSA) is 42.4 Å². The summed E-state index contributed by atoms with van der Waals surface area (Å²) in [5.41, 5.74) is 6.33. The largest absolute Gasteiger partial charge is 0.468 e. The van der Waals surface area contributed by atoms with Crippen molar-refractivity contribution in [3.63, 3.8) is 0 Å². The molecule has 0 atom stereocenters. The number of hydrogen-bond acceptors (Lipinski definition) is 3. The monoisotopic (exact) mass is 250 g/mol. The van der Waals surface area contributed by atoms with Gasteiger partial charge in [0.2, 0.25) is 0 Å². The lowest BCUT2D eigenvalue weighted by Crippen LogP contribution is -2.53. The molecule has 3 heteroatoms. The van der Waals surface area contributed by atoms with Crippen molar-refractivity contribution in [2.75, 3.05) is 13.1 Å². The van der Waals surface area contributed by atoms with Crippen LogP contribution in [-0.4, -0.2) is 23.5 Å². The van der Waals surface area contributed by atoms with Crippen LogP contribution in [0.1, 0.15) is 51.2 Å². The number of nitrogens with two attached hydrogens (primary N) is 1. The lowest BCUT2D eigenvalue weighted by molar-refractivity contribution is 0.0687. The highest BCUT2D eigenvalue weighted by Gasteiger charge is 2.35. The Bertz CT molecular complexity index is 326. The van der Waals surface area contributed by atoms with Gasteiger partial charge in [-0.2, -0.15) is 0 Å². The summed E-state index contributed by atoms with van der Waals surface area (Å²) in [6, 6.07) is 4.02. The summed E-state index contributed by atoms with van der Waals surface area (Å²) in [5.74, 6) is 1.05. The Morgan fingerprint density at radius 1 is 1.28 bits per heavy atom. The molecule has 0 spiro atoms. The lowest BCUT2D eigenvalue weighted by Gasteiger charge is -2.42. The van der Waals surface area contributed by atoms with E-state index in [4.69, 9.17) is 10.2 Å². The van der Waals surface area contributed by atoms with Gasteiger partial charge >= 0.3 is 0 Å². The van der Waals surface area contributed by atoms with Gasteiger partial charge in [-0.25, -0.2) is 0 Å². The summed E-state index contributed by atoms with van der Waals surface area (Å²) in [6.07, 6.45) is 9.57. The van der Waals surface area contributed by atoms with E-state index in [1.54, 1.807) is 6.26 Å². The molecule has 3 nitrogen and oxygen atoms in total. The van der Waals surface area contributed by atoms with E-state index in [0.717, 1.165) is 25.4 Å². The third kappa shape index (κ3) is 2.96. The van der Waals surface area contributed by atoms with Gasteiger partial charge in [-0.3, -0.25) is 4.90 Å². The zero-order chi connectivity index (χ0) is 12.8. The summed E-state index contributed by atoms with van der Waals surface area (Å²) in [5, 5.41) is 0. The van der Waals surface area contributed by atoms with Crippen molar-refractivity contribution in [3.05, 3.63) is 24.2 Å². The van der Waals surface area contributed by atoms with E-state index < -0.39 is 0 Å². The van der Waals surface area contributed by atoms with Crippen LogP contribution in [0.15, 0.2) is 22.8 Å². The van der Waals surface area contributed by atoms with Crippen molar-refractivity contribution in [1.29, 1.82) is 0 Å². The number of likely N-dealkylation sites (N-methyl/N-ethyl adjacent to an activating group) is 1. The maximum absolute atomic E-state index is 6.14. The Morgan fingerprint density at radius 2 is 2.00 bits per heavy atom. The molecule has 0 saturated heterocycles. The van der Waals surface area contributed by atoms with E-state index in [0.29, 0.717) is 0 Å². The Balaban J connectivity index is 2.11. The van der Waals surface area contributed by atoms with Gasteiger partial charge in [0, 0.05) is 12.1 Å². The van der Waals surface area contributed by atoms with Crippen molar-refractivity contribution in [2.24, 2.45) is 5.73 Å². The Morgan fingerprint density at radius 3 is 2.50 bits per heavy atom. The molecule has 0 bridgehead atoms. The van der Waals surface area contributed by atoms with Crippen LogP contribution in [0, 0.1) is 0 Å². The molecule has 2 rings (SSSR count). The minimum absolute atomic E-state index is 0.192. The fourth-order valence-electron chi connectivity index (χ4n) is 3.24. The molecule has 102 valence electrons. The summed E-state index contributed by atoms with van der Waals surface area (Å²) < 4.78 is 5.49. The van der Waals surface area contributed by atoms with Crippen molar-refractivity contribution in [3.8, 4) is 0 Å². The van der Waals surface area contributed by atoms with Gasteiger partial charge in [0.15, 0.2) is 0 Å². The molecule has 18 heavy (non-hydrogen) atoms. The Labute approximate surface area is 110 Å². The standard InChI is InChI=1S/C15H26N2O/c1-2-17(12-14-8-7-11-18-14)15(13-16)9-5-3-4-6-10-15/h7-8,11H,2-6,9-10,12-13,16H2,1H3. The molecular weight excluding hydrogens is 224 g/mol. The van der Waals surface area contributed by atoms with Crippen LogP contribution in [0.25, 0.3) is 0 Å². The van der Waals surface area contributed by atoms with E-state index in [2.05, 4.69) is 17.9 Å². The highest BCUT2D eigenvalue weighted by atomic mass is 16.3. The summed E-state index contributed by atoms with van der Waals surface area (Å²) in [7, 11) is 0. The van der Waals surface area contributed by atoms with Crippen molar-refractivity contribution in [2.45, 2.75) is 57.5 Å². The summed E-state index contributed by atoms with van der Waals surface area (Å²) in [4.78, 5) is 2.52. The first kappa shape index (κ1) is 13.6. The van der Waals surface area contributed by atoms with Gasteiger partial charge in [-0.15, -0.1) is 0 Å². The molecule has 0 amide bonds. The van der Waals surface area contributed by atoms with Crippen LogP contribution >= 0.6 is 0 Å². The number of nitrogens with zero attached hydrogens (tertiary/aromatic N) is 1. The highest BCUT2D eigenvalue weighted by Crippen LogP contribution is 2.32. The van der Waals surface area contributed by atoms with Crippen molar-refractivity contribution >= 4 is 0 Å². The first-order valence-electron chi connectivity index (χ1n) is 7.28. The maximum atomic E-state index is 6.14. The highest BCUT2D eigenvalue weighted by molar-refractivity contribution is 5.01. The Kier molecular flexibility index (Phi) is 4.84. The fraction of sp³-hybridized carbons (Fsp3) is 0.733. The fourth-order valence-corrected chi connectivity index (χ4v) is 3.24. The quantitative estimate of drug-likeness (QED) is 0.816. The maximum Gasteiger partial charge on any atom is 0.117 e. The van der Waals surface area contributed by atoms with Gasteiger partial charge in [-0.05, 0) is 31.5 Å². The molecular formula is C15H26N2O. The van der Waals surface area contributed by atoms with E-state index in [9.17, 15) is 0 Å². The lowest BCUT2D eigenvalue weighted by atomic mass is 9.88. The molecule has 1 fully saturated rings. The smallest absolute Gasteiger partial charge is 0.117 e. The van der Waals surface area contributed by atoms with Crippen LogP contribution in [0.4, 0.5) is 0 Å². The first-order valence-corrected chi connectivity index (χ1v) is 7.28. The minimum atomic E-state index is 0.192. The van der Waals surface area contributed by atoms with Crippen LogP contribution in [-0.2, 0) is 6.54 Å². The predicted octanol–water partition coefficient (Wildman–Crippen LogP) is 3.15. The molecule has 1 aromatic heterocycles. The Hall–Kier alpha value is -0.800. The molecule has 2 N–H and O–H groups in total. The zero-order valence-corrected chi connectivity index (χ0v) is 11.5. The van der Waals surface area contributed by atoms with Crippen LogP contribution in [0.3, 0.4) is 0 Å². The van der Waals surface area contributed by atoms with Gasteiger partial charge < -0.3 is 10.2 Å². The van der Waals surface area contributed by atoms with E-state index >= 15 is 0 Å². The molecule has 1 aliphatic carbocycles. The third-order valence-electron chi connectivity index (χ3n) is 4.39. The molecule has 0 aliphatic heterocycles.